The van der Waals surface area contributed by atoms with E-state index < -0.39 is 5.41 Å². The van der Waals surface area contributed by atoms with Crippen molar-refractivity contribution in [3.8, 4) is 0 Å². The minimum Gasteiger partial charge on any atom is -0.354 e. The molecule has 3 heterocycles. The third-order valence-corrected chi connectivity index (χ3v) is 8.30. The molecule has 1 unspecified atom stereocenters. The van der Waals surface area contributed by atoms with E-state index in [1.807, 2.05) is 38.5 Å². The number of nitrogens with zero attached hydrogens (tertiary/aromatic N) is 5. The molecule has 0 bridgehead atoms. The van der Waals surface area contributed by atoms with Gasteiger partial charge in [-0.2, -0.15) is 4.98 Å². The summed E-state index contributed by atoms with van der Waals surface area (Å²) < 4.78 is 15.5. The van der Waals surface area contributed by atoms with Crippen LogP contribution in [0.4, 0.5) is 27.5 Å². The van der Waals surface area contributed by atoms with Crippen molar-refractivity contribution in [1.82, 2.24) is 29.5 Å². The van der Waals surface area contributed by atoms with Crippen molar-refractivity contribution >= 4 is 41.0 Å². The molecule has 4 aromatic rings. The summed E-state index contributed by atoms with van der Waals surface area (Å²) >= 11 is 1.68. The summed E-state index contributed by atoms with van der Waals surface area (Å²) in [6.07, 6.45) is 7.73. The van der Waals surface area contributed by atoms with E-state index in [2.05, 4.69) is 58.3 Å². The van der Waals surface area contributed by atoms with Crippen molar-refractivity contribution in [2.45, 2.75) is 24.2 Å². The molecule has 1 aliphatic heterocycles. The second-order valence-corrected chi connectivity index (χ2v) is 12.2. The van der Waals surface area contributed by atoms with Gasteiger partial charge in [0, 0.05) is 61.0 Å². The molecule has 2 aromatic heterocycles. The predicted octanol–water partition coefficient (Wildman–Crippen LogP) is 5.51. The molecular formula is C32H37FN8OS. The van der Waals surface area contributed by atoms with Crippen LogP contribution in [0.1, 0.15) is 18.4 Å². The van der Waals surface area contributed by atoms with Crippen LogP contribution in [0.15, 0.2) is 90.2 Å². The Morgan fingerprint density at radius 1 is 1.02 bits per heavy atom. The lowest BCUT2D eigenvalue weighted by Crippen LogP contribution is -2.52. The molecule has 0 radical (unpaired) electrons. The number of aromatic nitrogens is 3. The Kier molecular flexibility index (Phi) is 10.2. The van der Waals surface area contributed by atoms with Crippen LogP contribution in [0.3, 0.4) is 0 Å². The Morgan fingerprint density at radius 2 is 1.79 bits per heavy atom. The monoisotopic (exact) mass is 600 g/mol. The molecule has 1 atom stereocenters. The zero-order valence-electron chi connectivity index (χ0n) is 24.5. The van der Waals surface area contributed by atoms with Crippen LogP contribution in [-0.2, 0) is 11.2 Å². The van der Waals surface area contributed by atoms with Gasteiger partial charge in [0.05, 0.1) is 5.41 Å². The van der Waals surface area contributed by atoms with E-state index in [1.165, 1.54) is 12.1 Å². The molecule has 1 aliphatic rings. The van der Waals surface area contributed by atoms with Crippen molar-refractivity contribution in [2.75, 3.05) is 50.9 Å². The summed E-state index contributed by atoms with van der Waals surface area (Å²) in [7, 11) is 4.02. The van der Waals surface area contributed by atoms with E-state index in [0.717, 1.165) is 47.8 Å². The highest BCUT2D eigenvalue weighted by Gasteiger charge is 2.42. The van der Waals surface area contributed by atoms with Gasteiger partial charge in [0.1, 0.15) is 11.6 Å². The standard InChI is InChI=1S/C32H37FN8OS/c1-40(2)20-18-35-30(42)32(21-24-5-3-16-34-22-24)15-4-19-41(23-32)43-28-12-10-27(11-13-28)38-31-36-17-14-29(39-31)37-26-8-6-25(33)7-9-26/h3,5-14,16-17,22H,4,15,18-21,23H2,1-2H3,(H,35,42)(H2,36,37,38,39). The maximum Gasteiger partial charge on any atom is 0.229 e. The number of carbonyl (C=O) groups is 1. The first-order valence-electron chi connectivity index (χ1n) is 14.3. The number of anilines is 4. The summed E-state index contributed by atoms with van der Waals surface area (Å²) in [5, 5.41) is 9.61. The highest BCUT2D eigenvalue weighted by molar-refractivity contribution is 7.97. The highest BCUT2D eigenvalue weighted by Crippen LogP contribution is 2.38. The molecule has 1 saturated heterocycles. The zero-order chi connectivity index (χ0) is 30.1. The molecule has 9 nitrogen and oxygen atoms in total. The molecule has 43 heavy (non-hydrogen) atoms. The molecule has 11 heteroatoms. The topological polar surface area (TPSA) is 98.3 Å². The number of hydrogen-bond acceptors (Lipinski definition) is 9. The Hall–Kier alpha value is -4.06. The van der Waals surface area contributed by atoms with Gasteiger partial charge in [-0.05, 0) is 112 Å². The molecule has 0 spiro atoms. The lowest BCUT2D eigenvalue weighted by Gasteiger charge is -2.41. The van der Waals surface area contributed by atoms with Crippen LogP contribution in [0, 0.1) is 11.2 Å². The molecule has 1 amide bonds. The van der Waals surface area contributed by atoms with Gasteiger partial charge >= 0.3 is 0 Å². The van der Waals surface area contributed by atoms with Crippen molar-refractivity contribution in [3.63, 3.8) is 0 Å². The van der Waals surface area contributed by atoms with E-state index in [9.17, 15) is 9.18 Å². The lowest BCUT2D eigenvalue weighted by atomic mass is 9.75. The van der Waals surface area contributed by atoms with Gasteiger partial charge in [-0.25, -0.2) is 13.7 Å². The maximum atomic E-state index is 13.6. The first-order chi connectivity index (χ1) is 20.9. The number of likely N-dealkylation sites (N-methyl/N-ethyl adjacent to an activating group) is 1. The smallest absolute Gasteiger partial charge is 0.229 e. The van der Waals surface area contributed by atoms with Gasteiger partial charge in [-0.1, -0.05) is 6.07 Å². The average molecular weight is 601 g/mol. The fourth-order valence-electron chi connectivity index (χ4n) is 5.10. The predicted molar refractivity (Wildman–Crippen MR) is 170 cm³/mol. The van der Waals surface area contributed by atoms with Crippen LogP contribution in [0.25, 0.3) is 0 Å². The van der Waals surface area contributed by atoms with Gasteiger partial charge < -0.3 is 20.9 Å². The number of amides is 1. The van der Waals surface area contributed by atoms with Gasteiger partial charge in [0.2, 0.25) is 11.9 Å². The molecule has 2 aromatic carbocycles. The van der Waals surface area contributed by atoms with E-state index in [4.69, 9.17) is 0 Å². The highest BCUT2D eigenvalue weighted by atomic mass is 32.2. The Bertz CT molecular complexity index is 1470. The fraction of sp³-hybridized carbons (Fsp3) is 0.312. The molecule has 0 aliphatic carbocycles. The van der Waals surface area contributed by atoms with Crippen molar-refractivity contribution in [2.24, 2.45) is 5.41 Å². The van der Waals surface area contributed by atoms with Crippen molar-refractivity contribution in [3.05, 3.63) is 96.7 Å². The molecule has 5 rings (SSSR count). The number of carbonyl (C=O) groups excluding carboxylic acids is 1. The summed E-state index contributed by atoms with van der Waals surface area (Å²) in [6, 6.07) is 19.9. The third-order valence-electron chi connectivity index (χ3n) is 7.25. The van der Waals surface area contributed by atoms with Crippen LogP contribution >= 0.6 is 11.9 Å². The fourth-order valence-corrected chi connectivity index (χ4v) is 6.19. The molecular weight excluding hydrogens is 563 g/mol. The number of benzene rings is 2. The molecule has 3 N–H and O–H groups in total. The Morgan fingerprint density at radius 3 is 2.53 bits per heavy atom. The summed E-state index contributed by atoms with van der Waals surface area (Å²) in [6.45, 7) is 2.99. The largest absolute Gasteiger partial charge is 0.354 e. The van der Waals surface area contributed by atoms with Gasteiger partial charge in [0.15, 0.2) is 0 Å². The van der Waals surface area contributed by atoms with Crippen LogP contribution in [-0.4, -0.2) is 70.3 Å². The number of nitrogens with one attached hydrogen (secondary N) is 3. The zero-order valence-corrected chi connectivity index (χ0v) is 25.3. The summed E-state index contributed by atoms with van der Waals surface area (Å²) in [4.78, 5) is 29.9. The third kappa shape index (κ3) is 8.73. The lowest BCUT2D eigenvalue weighted by molar-refractivity contribution is -0.133. The van der Waals surface area contributed by atoms with Gasteiger partial charge in [-0.3, -0.25) is 9.78 Å². The first kappa shape index (κ1) is 30.4. The van der Waals surface area contributed by atoms with Crippen molar-refractivity contribution < 1.29 is 9.18 Å². The van der Waals surface area contributed by atoms with E-state index >= 15 is 0 Å². The number of rotatable bonds is 12. The summed E-state index contributed by atoms with van der Waals surface area (Å²) in [5.41, 5.74) is 2.15. The van der Waals surface area contributed by atoms with Crippen LogP contribution in [0.2, 0.25) is 0 Å². The van der Waals surface area contributed by atoms with Crippen LogP contribution in [0.5, 0.6) is 0 Å². The number of hydrogen-bond donors (Lipinski definition) is 3. The maximum absolute atomic E-state index is 13.6. The second kappa shape index (κ2) is 14.4. The molecule has 1 fully saturated rings. The second-order valence-electron chi connectivity index (χ2n) is 11.0. The Labute approximate surface area is 256 Å². The Balaban J connectivity index is 1.22. The SMILES string of the molecule is CN(C)CCNC(=O)C1(Cc2cccnc2)CCCN(Sc2ccc(Nc3nccc(Nc4ccc(F)cc4)n3)cc2)C1. The van der Waals surface area contributed by atoms with E-state index in [-0.39, 0.29) is 11.7 Å². The van der Waals surface area contributed by atoms with Gasteiger partial charge in [-0.15, -0.1) is 0 Å². The average Bonchev–Trinajstić information content (AvgIpc) is 3.00. The quantitative estimate of drug-likeness (QED) is 0.182. The normalized spacial score (nSPS) is 17.0. The van der Waals surface area contributed by atoms with Gasteiger partial charge in [0.25, 0.3) is 0 Å². The molecule has 0 saturated carbocycles. The van der Waals surface area contributed by atoms with E-state index in [0.29, 0.717) is 31.3 Å². The minimum absolute atomic E-state index is 0.110. The number of piperidine rings is 1. The number of halogens is 1. The minimum atomic E-state index is -0.521. The first-order valence-corrected chi connectivity index (χ1v) is 15.1. The van der Waals surface area contributed by atoms with Crippen molar-refractivity contribution in [1.29, 1.82) is 0 Å². The summed E-state index contributed by atoms with van der Waals surface area (Å²) in [5.74, 6) is 0.868. The number of pyridine rings is 1. The molecule has 224 valence electrons. The van der Waals surface area contributed by atoms with E-state index in [1.54, 1.807) is 42.5 Å². The van der Waals surface area contributed by atoms with Crippen LogP contribution < -0.4 is 16.0 Å².